The summed E-state index contributed by atoms with van der Waals surface area (Å²) < 4.78 is 4.69. The minimum atomic E-state index is 0.954. The number of imidazole rings is 2. The Morgan fingerprint density at radius 3 is 1.78 bits per heavy atom. The normalized spacial score (nSPS) is 12.0. The molecule has 10 rings (SSSR count). The van der Waals surface area contributed by atoms with Gasteiger partial charge >= 0.3 is 0 Å². The minimum Gasteiger partial charge on any atom is -0.311 e. The Labute approximate surface area is 259 Å². The van der Waals surface area contributed by atoms with Gasteiger partial charge in [-0.2, -0.15) is 0 Å². The lowest BCUT2D eigenvalue weighted by Gasteiger charge is -2.25. The van der Waals surface area contributed by atoms with Crippen LogP contribution in [0.5, 0.6) is 0 Å². The number of hydrogen-bond donors (Lipinski definition) is 0. The number of fused-ring (bicyclic) bond motifs is 9. The fraction of sp³-hybridized carbons (Fsp3) is 0. The van der Waals surface area contributed by atoms with Crippen LogP contribution in [-0.4, -0.2) is 13.8 Å². The highest BCUT2D eigenvalue weighted by molar-refractivity contribution is 6.19. The number of hydrogen-bond acceptors (Lipinski definition) is 2. The Bertz CT molecular complexity index is 2650. The lowest BCUT2D eigenvalue weighted by atomic mass is 10.0. The number of benzene rings is 7. The van der Waals surface area contributed by atoms with Crippen LogP contribution in [-0.2, 0) is 0 Å². The first-order valence-electron chi connectivity index (χ1n) is 15.3. The van der Waals surface area contributed by atoms with Crippen LogP contribution in [0.4, 0.5) is 17.1 Å². The molecule has 10 aromatic rings. The summed E-state index contributed by atoms with van der Waals surface area (Å²) in [6.45, 7) is 0. The van der Waals surface area contributed by atoms with Gasteiger partial charge < -0.3 is 4.90 Å². The fourth-order valence-corrected chi connectivity index (χ4v) is 7.16. The first kappa shape index (κ1) is 24.3. The second-order valence-electron chi connectivity index (χ2n) is 11.7. The molecule has 0 saturated heterocycles. The van der Waals surface area contributed by atoms with E-state index >= 15 is 0 Å². The van der Waals surface area contributed by atoms with Gasteiger partial charge in [0.1, 0.15) is 0 Å². The van der Waals surface area contributed by atoms with Crippen LogP contribution >= 0.6 is 0 Å². The molecule has 0 aliphatic rings. The highest BCUT2D eigenvalue weighted by Gasteiger charge is 2.22. The van der Waals surface area contributed by atoms with Crippen molar-refractivity contribution in [3.8, 4) is 11.1 Å². The predicted octanol–water partition coefficient (Wildman–Crippen LogP) is 10.8. The third-order valence-corrected chi connectivity index (χ3v) is 9.18. The summed E-state index contributed by atoms with van der Waals surface area (Å²) in [5.74, 6) is 0.954. The van der Waals surface area contributed by atoms with Crippen LogP contribution < -0.4 is 4.90 Å². The number of para-hydroxylation sites is 4. The third-order valence-electron chi connectivity index (χ3n) is 9.18. The minimum absolute atomic E-state index is 0.954. The Hall–Kier alpha value is -6.13. The molecule has 0 fully saturated rings. The SMILES string of the molecule is c1ccc(N(c2ccccc2)c2ccc(-c3cc4c5cc6ccccc6cc5n5c4c(c3)n3c4ccccc4nc35)cc2)cc1. The van der Waals surface area contributed by atoms with E-state index in [9.17, 15) is 0 Å². The van der Waals surface area contributed by atoms with Crippen molar-refractivity contribution < 1.29 is 0 Å². The average Bonchev–Trinajstić information content (AvgIpc) is 3.74. The second kappa shape index (κ2) is 9.18. The largest absolute Gasteiger partial charge is 0.311 e. The molecule has 0 amide bonds. The molecule has 4 heteroatoms. The Morgan fingerprint density at radius 1 is 0.422 bits per heavy atom. The second-order valence-corrected chi connectivity index (χ2v) is 11.7. The molecule has 4 nitrogen and oxygen atoms in total. The zero-order chi connectivity index (χ0) is 29.5. The average molecular weight is 575 g/mol. The van der Waals surface area contributed by atoms with Crippen molar-refractivity contribution in [2.24, 2.45) is 0 Å². The fourth-order valence-electron chi connectivity index (χ4n) is 7.16. The molecular weight excluding hydrogens is 548 g/mol. The smallest absolute Gasteiger partial charge is 0.220 e. The van der Waals surface area contributed by atoms with Gasteiger partial charge in [-0.1, -0.05) is 84.9 Å². The van der Waals surface area contributed by atoms with E-state index in [-0.39, 0.29) is 0 Å². The first-order valence-corrected chi connectivity index (χ1v) is 15.3. The summed E-state index contributed by atoms with van der Waals surface area (Å²) in [7, 11) is 0. The van der Waals surface area contributed by atoms with Crippen molar-refractivity contribution in [1.82, 2.24) is 13.8 Å². The lowest BCUT2D eigenvalue weighted by Crippen LogP contribution is -2.09. The molecule has 0 unspecified atom stereocenters. The Balaban J connectivity index is 1.22. The molecule has 7 aromatic carbocycles. The van der Waals surface area contributed by atoms with Crippen LogP contribution in [0, 0.1) is 0 Å². The summed E-state index contributed by atoms with van der Waals surface area (Å²) in [6, 6.07) is 56.5. The molecule has 0 aliphatic carbocycles. The van der Waals surface area contributed by atoms with Gasteiger partial charge in [0.15, 0.2) is 0 Å². The van der Waals surface area contributed by atoms with Gasteiger partial charge in [0, 0.05) is 27.8 Å². The maximum atomic E-state index is 5.15. The summed E-state index contributed by atoms with van der Waals surface area (Å²) in [6.07, 6.45) is 0. The molecule has 3 aromatic heterocycles. The standard InChI is InChI=1S/C41H26N4/c1-3-13-31(14-4-1)43(32-15-5-2-6-16-32)33-21-19-27(20-22-33)30-24-35-34-23-28-11-7-8-12-29(28)25-38(34)45-40(35)39(26-30)44-37-18-10-9-17-36(37)42-41(44)45/h1-26H. The van der Waals surface area contributed by atoms with Crippen molar-refractivity contribution in [2.75, 3.05) is 4.90 Å². The quantitative estimate of drug-likeness (QED) is 0.209. The maximum absolute atomic E-state index is 5.15. The van der Waals surface area contributed by atoms with Crippen LogP contribution in [0.15, 0.2) is 158 Å². The predicted molar refractivity (Wildman–Crippen MR) is 187 cm³/mol. The Morgan fingerprint density at radius 2 is 1.04 bits per heavy atom. The van der Waals surface area contributed by atoms with E-state index in [1.54, 1.807) is 0 Å². The van der Waals surface area contributed by atoms with Gasteiger partial charge in [-0.25, -0.2) is 4.98 Å². The van der Waals surface area contributed by atoms with Crippen LogP contribution in [0.2, 0.25) is 0 Å². The van der Waals surface area contributed by atoms with E-state index in [0.717, 1.165) is 33.9 Å². The summed E-state index contributed by atoms with van der Waals surface area (Å²) in [5, 5.41) is 4.98. The van der Waals surface area contributed by atoms with Crippen LogP contribution in [0.3, 0.4) is 0 Å². The van der Waals surface area contributed by atoms with E-state index in [1.807, 2.05) is 0 Å². The molecule has 0 saturated carbocycles. The molecule has 0 bridgehead atoms. The van der Waals surface area contributed by atoms with Gasteiger partial charge in [0.05, 0.1) is 27.6 Å². The highest BCUT2D eigenvalue weighted by atomic mass is 15.2. The third kappa shape index (κ3) is 3.51. The van der Waals surface area contributed by atoms with E-state index in [1.165, 1.54) is 49.2 Å². The van der Waals surface area contributed by atoms with Gasteiger partial charge in [0.2, 0.25) is 5.78 Å². The highest BCUT2D eigenvalue weighted by Crippen LogP contribution is 2.42. The number of nitrogens with zero attached hydrogens (tertiary/aromatic N) is 4. The molecule has 210 valence electrons. The van der Waals surface area contributed by atoms with Crippen molar-refractivity contribution in [3.05, 3.63) is 158 Å². The lowest BCUT2D eigenvalue weighted by molar-refractivity contribution is 1.22. The molecule has 0 aliphatic heterocycles. The van der Waals surface area contributed by atoms with E-state index in [0.29, 0.717) is 0 Å². The summed E-state index contributed by atoms with van der Waals surface area (Å²) >= 11 is 0. The summed E-state index contributed by atoms with van der Waals surface area (Å²) in [4.78, 5) is 7.45. The van der Waals surface area contributed by atoms with Gasteiger partial charge in [-0.15, -0.1) is 0 Å². The van der Waals surface area contributed by atoms with E-state index in [4.69, 9.17) is 4.98 Å². The monoisotopic (exact) mass is 574 g/mol. The molecule has 0 spiro atoms. The van der Waals surface area contributed by atoms with E-state index in [2.05, 4.69) is 171 Å². The molecule has 45 heavy (non-hydrogen) atoms. The molecule has 3 heterocycles. The van der Waals surface area contributed by atoms with Crippen molar-refractivity contribution in [1.29, 1.82) is 0 Å². The van der Waals surface area contributed by atoms with Crippen molar-refractivity contribution in [2.45, 2.75) is 0 Å². The molecule has 0 atom stereocenters. The van der Waals surface area contributed by atoms with Gasteiger partial charge in [-0.3, -0.25) is 8.80 Å². The Kier molecular flexibility index (Phi) is 4.96. The maximum Gasteiger partial charge on any atom is 0.220 e. The van der Waals surface area contributed by atoms with Gasteiger partial charge in [0.25, 0.3) is 0 Å². The number of rotatable bonds is 4. The van der Waals surface area contributed by atoms with Gasteiger partial charge in [-0.05, 0) is 94.7 Å². The van der Waals surface area contributed by atoms with E-state index < -0.39 is 0 Å². The zero-order valence-corrected chi connectivity index (χ0v) is 24.3. The molecule has 0 N–H and O–H groups in total. The summed E-state index contributed by atoms with van der Waals surface area (Å²) in [5.41, 5.74) is 11.5. The topological polar surface area (TPSA) is 25.0 Å². The zero-order valence-electron chi connectivity index (χ0n) is 24.3. The van der Waals surface area contributed by atoms with Crippen LogP contribution in [0.25, 0.3) is 66.0 Å². The number of anilines is 3. The van der Waals surface area contributed by atoms with Crippen molar-refractivity contribution >= 4 is 72.0 Å². The first-order chi connectivity index (χ1) is 22.3. The molecule has 0 radical (unpaired) electrons. The molecular formula is C41H26N4. The number of aromatic nitrogens is 3. The van der Waals surface area contributed by atoms with Crippen molar-refractivity contribution in [3.63, 3.8) is 0 Å². The van der Waals surface area contributed by atoms with Crippen LogP contribution in [0.1, 0.15) is 0 Å².